The second-order valence-electron chi connectivity index (χ2n) is 9.44. The Morgan fingerprint density at radius 3 is 2.51 bits per heavy atom. The summed E-state index contributed by atoms with van der Waals surface area (Å²) >= 11 is 0. The Hall–Kier alpha value is -3.18. The molecule has 0 saturated heterocycles. The number of aromatic nitrogens is 1. The molecule has 0 N–H and O–H groups in total. The van der Waals surface area contributed by atoms with E-state index < -0.39 is 0 Å². The summed E-state index contributed by atoms with van der Waals surface area (Å²) < 4.78 is 17.1. The Bertz CT molecular complexity index is 1170. The predicted octanol–water partition coefficient (Wildman–Crippen LogP) is 6.39. The average molecular weight is 474 g/mol. The zero-order chi connectivity index (χ0) is 24.8. The third-order valence-corrected chi connectivity index (χ3v) is 6.95. The van der Waals surface area contributed by atoms with Crippen LogP contribution < -0.4 is 9.47 Å². The smallest absolute Gasteiger partial charge is 0.188 e. The van der Waals surface area contributed by atoms with Gasteiger partial charge in [-0.15, -0.1) is 0 Å². The van der Waals surface area contributed by atoms with Gasteiger partial charge in [-0.3, -0.25) is 9.78 Å². The van der Waals surface area contributed by atoms with E-state index >= 15 is 0 Å². The number of Topliss-reactive ketones (excluding diaryl/α,β-unsaturated/α-hetero) is 1. The fourth-order valence-corrected chi connectivity index (χ4v) is 4.83. The lowest BCUT2D eigenvalue weighted by molar-refractivity contribution is -0.120. The molecule has 0 spiro atoms. The molecule has 4 rings (SSSR count). The van der Waals surface area contributed by atoms with Gasteiger partial charge in [0.25, 0.3) is 0 Å². The van der Waals surface area contributed by atoms with Crippen LogP contribution in [0.25, 0.3) is 0 Å². The Kier molecular flexibility index (Phi) is 8.19. The third kappa shape index (κ3) is 6.09. The van der Waals surface area contributed by atoms with Gasteiger partial charge in [0.1, 0.15) is 23.9 Å². The molecule has 1 unspecified atom stereocenters. The minimum absolute atomic E-state index is 0.0979. The van der Waals surface area contributed by atoms with Gasteiger partial charge < -0.3 is 14.2 Å². The Morgan fingerprint density at radius 2 is 1.77 bits per heavy atom. The molecule has 1 heterocycles. The van der Waals surface area contributed by atoms with Gasteiger partial charge in [-0.25, -0.2) is 0 Å². The maximum atomic E-state index is 12.1. The van der Waals surface area contributed by atoms with E-state index in [1.165, 1.54) is 16.7 Å². The maximum Gasteiger partial charge on any atom is 0.188 e. The normalized spacial score (nSPS) is 15.8. The molecule has 1 saturated carbocycles. The first-order chi connectivity index (χ1) is 17.0. The number of rotatable bonds is 9. The number of carbonyl (C=O) groups excluding carboxylic acids is 1. The molecule has 5 heteroatoms. The minimum Gasteiger partial charge on any atom is -0.489 e. The quantitative estimate of drug-likeness (QED) is 0.337. The molecule has 1 aliphatic rings. The molecule has 1 aliphatic carbocycles. The molecule has 2 aromatic carbocycles. The largest absolute Gasteiger partial charge is 0.489 e. The zero-order valence-electron chi connectivity index (χ0n) is 21.2. The topological polar surface area (TPSA) is 57.6 Å². The van der Waals surface area contributed by atoms with Crippen LogP contribution >= 0.6 is 0 Å². The van der Waals surface area contributed by atoms with Gasteiger partial charge in [0.05, 0.1) is 5.69 Å². The first kappa shape index (κ1) is 24.9. The number of nitrogens with zero attached hydrogens (tertiary/aromatic N) is 1. The fourth-order valence-electron chi connectivity index (χ4n) is 4.83. The summed E-state index contributed by atoms with van der Waals surface area (Å²) in [5.74, 6) is 2.04. The highest BCUT2D eigenvalue weighted by Crippen LogP contribution is 2.36. The summed E-state index contributed by atoms with van der Waals surface area (Å²) in [6, 6.07) is 16.4. The van der Waals surface area contributed by atoms with E-state index in [1.54, 1.807) is 7.11 Å². The van der Waals surface area contributed by atoms with E-state index in [2.05, 4.69) is 39.0 Å². The lowest BCUT2D eigenvalue weighted by Crippen LogP contribution is -2.17. The van der Waals surface area contributed by atoms with Crippen LogP contribution in [0.4, 0.5) is 0 Å². The SMILES string of the molecule is COCOc1ccc(Cc2c(C)cc(OCc3ccccc3)c(C)c2C)nc1C1CCCC(=O)C1. The summed E-state index contributed by atoms with van der Waals surface area (Å²) in [5.41, 5.74) is 7.84. The Labute approximate surface area is 208 Å². The highest BCUT2D eigenvalue weighted by atomic mass is 16.7. The van der Waals surface area contributed by atoms with E-state index in [-0.39, 0.29) is 12.7 Å². The first-order valence-corrected chi connectivity index (χ1v) is 12.4. The Morgan fingerprint density at radius 1 is 0.971 bits per heavy atom. The molecule has 5 nitrogen and oxygen atoms in total. The van der Waals surface area contributed by atoms with Crippen molar-refractivity contribution in [2.75, 3.05) is 13.9 Å². The summed E-state index contributed by atoms with van der Waals surface area (Å²) in [6.07, 6.45) is 3.78. The standard InChI is InChI=1S/C30H35NO4/c1-20-15-29(34-18-23-9-6-5-7-10-23)22(3)21(2)27(20)17-25-13-14-28(35-19-33-4)30(31-25)24-11-8-12-26(32)16-24/h5-7,9-10,13-15,24H,8,11-12,16-19H2,1-4H3. The molecule has 1 fully saturated rings. The van der Waals surface area contributed by atoms with E-state index in [9.17, 15) is 4.79 Å². The molecular formula is C30H35NO4. The van der Waals surface area contributed by atoms with Crippen molar-refractivity contribution in [3.63, 3.8) is 0 Å². The van der Waals surface area contributed by atoms with Crippen LogP contribution in [-0.4, -0.2) is 24.7 Å². The first-order valence-electron chi connectivity index (χ1n) is 12.4. The Balaban J connectivity index is 1.58. The number of methoxy groups -OCH3 is 1. The average Bonchev–Trinajstić information content (AvgIpc) is 2.87. The van der Waals surface area contributed by atoms with Gasteiger partial charge in [0.2, 0.25) is 0 Å². The van der Waals surface area contributed by atoms with Crippen LogP contribution in [0.15, 0.2) is 48.5 Å². The molecule has 35 heavy (non-hydrogen) atoms. The van der Waals surface area contributed by atoms with Crippen LogP contribution in [0.5, 0.6) is 11.5 Å². The van der Waals surface area contributed by atoms with Crippen LogP contribution in [0, 0.1) is 20.8 Å². The molecule has 0 amide bonds. The van der Waals surface area contributed by atoms with Gasteiger partial charge >= 0.3 is 0 Å². The monoisotopic (exact) mass is 473 g/mol. The molecule has 0 bridgehead atoms. The van der Waals surface area contributed by atoms with E-state index in [1.807, 2.05) is 30.3 Å². The molecule has 3 aromatic rings. The molecular weight excluding hydrogens is 438 g/mol. The molecule has 1 atom stereocenters. The minimum atomic E-state index is 0.0979. The number of hydrogen-bond acceptors (Lipinski definition) is 5. The van der Waals surface area contributed by atoms with Crippen molar-refractivity contribution in [1.29, 1.82) is 0 Å². The van der Waals surface area contributed by atoms with E-state index in [4.69, 9.17) is 19.2 Å². The van der Waals surface area contributed by atoms with Crippen LogP contribution in [0.3, 0.4) is 0 Å². The van der Waals surface area contributed by atoms with Gasteiger partial charge in [0.15, 0.2) is 6.79 Å². The number of carbonyl (C=O) groups is 1. The predicted molar refractivity (Wildman–Crippen MR) is 137 cm³/mol. The van der Waals surface area contributed by atoms with E-state index in [0.717, 1.165) is 47.5 Å². The lowest BCUT2D eigenvalue weighted by atomic mass is 9.85. The zero-order valence-corrected chi connectivity index (χ0v) is 21.2. The van der Waals surface area contributed by atoms with Crippen LogP contribution in [0.1, 0.15) is 70.8 Å². The van der Waals surface area contributed by atoms with Gasteiger partial charge in [-0.2, -0.15) is 0 Å². The molecule has 1 aromatic heterocycles. The second-order valence-corrected chi connectivity index (χ2v) is 9.44. The lowest BCUT2D eigenvalue weighted by Gasteiger charge is -2.23. The van der Waals surface area contributed by atoms with Crippen molar-refractivity contribution in [2.45, 2.75) is 65.4 Å². The second kappa shape index (κ2) is 11.5. The van der Waals surface area contributed by atoms with Crippen LogP contribution in [-0.2, 0) is 22.6 Å². The summed E-state index contributed by atoms with van der Waals surface area (Å²) in [7, 11) is 1.60. The number of ketones is 1. The molecule has 184 valence electrons. The number of aryl methyl sites for hydroxylation is 1. The van der Waals surface area contributed by atoms with Crippen molar-refractivity contribution < 1.29 is 19.0 Å². The van der Waals surface area contributed by atoms with Crippen molar-refractivity contribution in [3.8, 4) is 11.5 Å². The van der Waals surface area contributed by atoms with Crippen molar-refractivity contribution >= 4 is 5.78 Å². The number of benzene rings is 2. The highest BCUT2D eigenvalue weighted by Gasteiger charge is 2.26. The number of ether oxygens (including phenoxy) is 3. The molecule has 0 aliphatic heterocycles. The van der Waals surface area contributed by atoms with Crippen molar-refractivity contribution in [2.24, 2.45) is 0 Å². The summed E-state index contributed by atoms with van der Waals surface area (Å²) in [5, 5.41) is 0. The van der Waals surface area contributed by atoms with Gasteiger partial charge in [-0.1, -0.05) is 30.3 Å². The van der Waals surface area contributed by atoms with Crippen molar-refractivity contribution in [1.82, 2.24) is 4.98 Å². The summed E-state index contributed by atoms with van der Waals surface area (Å²) in [6.45, 7) is 7.12. The van der Waals surface area contributed by atoms with Gasteiger partial charge in [-0.05, 0) is 79.6 Å². The van der Waals surface area contributed by atoms with E-state index in [0.29, 0.717) is 31.0 Å². The van der Waals surface area contributed by atoms with Gasteiger partial charge in [0, 0.05) is 38.0 Å². The highest BCUT2D eigenvalue weighted by molar-refractivity contribution is 5.80. The summed E-state index contributed by atoms with van der Waals surface area (Å²) in [4.78, 5) is 17.2. The third-order valence-electron chi connectivity index (χ3n) is 6.95. The molecule has 0 radical (unpaired) electrons. The fraction of sp³-hybridized carbons (Fsp3) is 0.400. The van der Waals surface area contributed by atoms with Crippen LogP contribution in [0.2, 0.25) is 0 Å². The number of pyridine rings is 1. The number of hydrogen-bond donors (Lipinski definition) is 0. The van der Waals surface area contributed by atoms with Crippen molar-refractivity contribution in [3.05, 3.63) is 87.7 Å². The maximum absolute atomic E-state index is 12.1.